The van der Waals surface area contributed by atoms with Gasteiger partial charge in [-0.05, 0) is 13.0 Å². The molecule has 1 aromatic heterocycles. The van der Waals surface area contributed by atoms with Gasteiger partial charge in [-0.15, -0.1) is 0 Å². The molecule has 3 aromatic rings. The quantitative estimate of drug-likeness (QED) is 0.744. The zero-order chi connectivity index (χ0) is 16.1. The van der Waals surface area contributed by atoms with Crippen LogP contribution < -0.4 is 5.73 Å². The molecule has 1 heterocycles. The molecule has 0 saturated heterocycles. The van der Waals surface area contributed by atoms with E-state index in [9.17, 15) is 0 Å². The Morgan fingerprint density at radius 1 is 0.913 bits per heavy atom. The molecule has 0 aliphatic heterocycles. The summed E-state index contributed by atoms with van der Waals surface area (Å²) in [5.41, 5.74) is 10.5. The molecule has 23 heavy (non-hydrogen) atoms. The molecule has 0 aliphatic carbocycles. The van der Waals surface area contributed by atoms with Gasteiger partial charge in [0, 0.05) is 29.8 Å². The Kier molecular flexibility index (Phi) is 4.89. The summed E-state index contributed by atoms with van der Waals surface area (Å²) >= 11 is 0. The fourth-order valence-electron chi connectivity index (χ4n) is 2.98. The van der Waals surface area contributed by atoms with Crippen molar-refractivity contribution in [1.82, 2.24) is 9.55 Å². The van der Waals surface area contributed by atoms with Crippen molar-refractivity contribution >= 4 is 0 Å². The lowest BCUT2D eigenvalue weighted by atomic mass is 10.1. The van der Waals surface area contributed by atoms with E-state index in [2.05, 4.69) is 60.0 Å². The Morgan fingerprint density at radius 2 is 1.52 bits per heavy atom. The van der Waals surface area contributed by atoms with E-state index in [0.717, 1.165) is 42.0 Å². The molecule has 0 saturated carbocycles. The van der Waals surface area contributed by atoms with Crippen LogP contribution in [0.5, 0.6) is 0 Å². The minimum Gasteiger partial charge on any atom is -0.330 e. The van der Waals surface area contributed by atoms with Crippen molar-refractivity contribution < 1.29 is 0 Å². The molecular formula is C20H23N3. The standard InChI is InChI=1S/C20H23N3/c1-2-15-23-18(13-14-21)19(16-9-5-3-6-10-16)22-20(23)17-11-7-4-8-12-17/h3-12H,2,13-15,21H2,1H3. The molecule has 0 amide bonds. The molecule has 2 aromatic carbocycles. The van der Waals surface area contributed by atoms with Crippen LogP contribution in [0.25, 0.3) is 22.6 Å². The summed E-state index contributed by atoms with van der Waals surface area (Å²) in [5, 5.41) is 0. The Labute approximate surface area is 137 Å². The van der Waals surface area contributed by atoms with Crippen LogP contribution in [-0.4, -0.2) is 16.1 Å². The first-order valence-electron chi connectivity index (χ1n) is 8.25. The van der Waals surface area contributed by atoms with Gasteiger partial charge in [0.2, 0.25) is 0 Å². The van der Waals surface area contributed by atoms with Crippen molar-refractivity contribution in [2.24, 2.45) is 5.73 Å². The zero-order valence-electron chi connectivity index (χ0n) is 13.6. The Bertz CT molecular complexity index is 681. The maximum absolute atomic E-state index is 5.88. The van der Waals surface area contributed by atoms with Crippen LogP contribution in [0, 0.1) is 0 Å². The van der Waals surface area contributed by atoms with Gasteiger partial charge in [-0.2, -0.15) is 0 Å². The number of nitrogens with zero attached hydrogens (tertiary/aromatic N) is 2. The number of rotatable bonds is 6. The Hall–Kier alpha value is -2.39. The third-order valence-corrected chi connectivity index (χ3v) is 3.98. The van der Waals surface area contributed by atoms with Gasteiger partial charge in [-0.25, -0.2) is 4.98 Å². The summed E-state index contributed by atoms with van der Waals surface area (Å²) in [6.07, 6.45) is 1.91. The molecule has 0 atom stereocenters. The number of aromatic nitrogens is 2. The van der Waals surface area contributed by atoms with Crippen molar-refractivity contribution in [3.8, 4) is 22.6 Å². The van der Waals surface area contributed by atoms with Crippen molar-refractivity contribution in [1.29, 1.82) is 0 Å². The van der Waals surface area contributed by atoms with Crippen LogP contribution in [0.3, 0.4) is 0 Å². The van der Waals surface area contributed by atoms with E-state index in [1.54, 1.807) is 0 Å². The van der Waals surface area contributed by atoms with Crippen LogP contribution in [0.1, 0.15) is 19.0 Å². The molecule has 118 valence electrons. The lowest BCUT2D eigenvalue weighted by Gasteiger charge is -2.11. The van der Waals surface area contributed by atoms with Crippen molar-refractivity contribution in [2.45, 2.75) is 26.3 Å². The topological polar surface area (TPSA) is 43.8 Å². The van der Waals surface area contributed by atoms with E-state index in [4.69, 9.17) is 10.7 Å². The number of nitrogens with two attached hydrogens (primary N) is 1. The third-order valence-electron chi connectivity index (χ3n) is 3.98. The molecule has 0 fully saturated rings. The van der Waals surface area contributed by atoms with Gasteiger partial charge in [-0.3, -0.25) is 0 Å². The summed E-state index contributed by atoms with van der Waals surface area (Å²) in [6.45, 7) is 3.78. The second-order valence-corrected chi connectivity index (χ2v) is 5.65. The molecule has 0 unspecified atom stereocenters. The third kappa shape index (κ3) is 3.20. The smallest absolute Gasteiger partial charge is 0.140 e. The largest absolute Gasteiger partial charge is 0.330 e. The van der Waals surface area contributed by atoms with Crippen molar-refractivity contribution in [3.05, 3.63) is 66.4 Å². The molecule has 3 rings (SSSR count). The minimum absolute atomic E-state index is 0.628. The fraction of sp³-hybridized carbons (Fsp3) is 0.250. The number of hydrogen-bond acceptors (Lipinski definition) is 2. The zero-order valence-corrected chi connectivity index (χ0v) is 13.6. The highest BCUT2D eigenvalue weighted by Crippen LogP contribution is 2.30. The van der Waals surface area contributed by atoms with Gasteiger partial charge in [-0.1, -0.05) is 67.6 Å². The molecule has 0 bridgehead atoms. The second kappa shape index (κ2) is 7.25. The normalized spacial score (nSPS) is 10.9. The van der Waals surface area contributed by atoms with E-state index in [-0.39, 0.29) is 0 Å². The first-order valence-corrected chi connectivity index (χ1v) is 8.25. The maximum atomic E-state index is 5.88. The Morgan fingerprint density at radius 3 is 2.09 bits per heavy atom. The molecule has 0 spiro atoms. The summed E-state index contributed by atoms with van der Waals surface area (Å²) in [5.74, 6) is 1.04. The number of hydrogen-bond donors (Lipinski definition) is 1. The predicted octanol–water partition coefficient (Wildman–Crippen LogP) is 4.13. The monoisotopic (exact) mass is 305 g/mol. The van der Waals surface area contributed by atoms with Gasteiger partial charge in [0.15, 0.2) is 0 Å². The van der Waals surface area contributed by atoms with E-state index >= 15 is 0 Å². The van der Waals surface area contributed by atoms with E-state index in [0.29, 0.717) is 6.54 Å². The lowest BCUT2D eigenvalue weighted by Crippen LogP contribution is -2.10. The van der Waals surface area contributed by atoms with Gasteiger partial charge >= 0.3 is 0 Å². The second-order valence-electron chi connectivity index (χ2n) is 5.65. The maximum Gasteiger partial charge on any atom is 0.140 e. The first kappa shape index (κ1) is 15.5. The highest BCUT2D eigenvalue weighted by atomic mass is 15.1. The van der Waals surface area contributed by atoms with Crippen LogP contribution in [0.15, 0.2) is 60.7 Å². The Balaban J connectivity index is 2.20. The molecule has 2 N–H and O–H groups in total. The van der Waals surface area contributed by atoms with Crippen LogP contribution >= 0.6 is 0 Å². The molecule has 3 nitrogen and oxygen atoms in total. The van der Waals surface area contributed by atoms with E-state index in [1.807, 2.05) is 12.1 Å². The van der Waals surface area contributed by atoms with Crippen molar-refractivity contribution in [3.63, 3.8) is 0 Å². The van der Waals surface area contributed by atoms with Crippen molar-refractivity contribution in [2.75, 3.05) is 6.54 Å². The average Bonchev–Trinajstić information content (AvgIpc) is 2.96. The molecular weight excluding hydrogens is 282 g/mol. The molecule has 0 radical (unpaired) electrons. The molecule has 0 aliphatic rings. The lowest BCUT2D eigenvalue weighted by molar-refractivity contribution is 0.651. The summed E-state index contributed by atoms with van der Waals surface area (Å²) in [4.78, 5) is 5.00. The highest BCUT2D eigenvalue weighted by Gasteiger charge is 2.18. The van der Waals surface area contributed by atoms with E-state index in [1.165, 1.54) is 5.69 Å². The van der Waals surface area contributed by atoms with E-state index < -0.39 is 0 Å². The number of imidazole rings is 1. The fourth-order valence-corrected chi connectivity index (χ4v) is 2.98. The van der Waals surface area contributed by atoms with Crippen LogP contribution in [0.4, 0.5) is 0 Å². The minimum atomic E-state index is 0.628. The summed E-state index contributed by atoms with van der Waals surface area (Å²) in [6, 6.07) is 20.8. The first-order chi connectivity index (χ1) is 11.3. The summed E-state index contributed by atoms with van der Waals surface area (Å²) in [7, 11) is 0. The van der Waals surface area contributed by atoms with Crippen LogP contribution in [0.2, 0.25) is 0 Å². The average molecular weight is 305 g/mol. The van der Waals surface area contributed by atoms with Gasteiger partial charge in [0.25, 0.3) is 0 Å². The summed E-state index contributed by atoms with van der Waals surface area (Å²) < 4.78 is 2.34. The van der Waals surface area contributed by atoms with Gasteiger partial charge in [0.1, 0.15) is 5.82 Å². The molecule has 3 heteroatoms. The van der Waals surface area contributed by atoms with Gasteiger partial charge in [0.05, 0.1) is 5.69 Å². The highest BCUT2D eigenvalue weighted by molar-refractivity contribution is 5.68. The predicted molar refractivity (Wildman–Crippen MR) is 96.1 cm³/mol. The number of benzene rings is 2. The van der Waals surface area contributed by atoms with Gasteiger partial charge < -0.3 is 10.3 Å². The SMILES string of the molecule is CCCn1c(-c2ccccc2)nc(-c2ccccc2)c1CCN. The van der Waals surface area contributed by atoms with Crippen LogP contribution in [-0.2, 0) is 13.0 Å².